The van der Waals surface area contributed by atoms with Crippen molar-refractivity contribution in [3.8, 4) is 0 Å². The Morgan fingerprint density at radius 2 is 2.33 bits per heavy atom. The zero-order valence-corrected chi connectivity index (χ0v) is 7.92. The molecule has 0 saturated carbocycles. The van der Waals surface area contributed by atoms with E-state index in [4.69, 9.17) is 5.11 Å². The fourth-order valence-corrected chi connectivity index (χ4v) is 1.64. The van der Waals surface area contributed by atoms with Crippen LogP contribution in [0.15, 0.2) is 0 Å². The average Bonchev–Trinajstić information content (AvgIpc) is 2.09. The van der Waals surface area contributed by atoms with Gasteiger partial charge in [-0.3, -0.25) is 4.90 Å². The first-order valence-electron chi connectivity index (χ1n) is 4.90. The molecule has 0 amide bonds. The third-order valence-electron chi connectivity index (χ3n) is 2.49. The van der Waals surface area contributed by atoms with Gasteiger partial charge in [-0.1, -0.05) is 0 Å². The minimum absolute atomic E-state index is 0.334. The molecule has 0 bridgehead atoms. The molecule has 12 heavy (non-hydrogen) atoms. The maximum Gasteiger partial charge on any atom is 0.0431 e. The van der Waals surface area contributed by atoms with E-state index < -0.39 is 0 Å². The lowest BCUT2D eigenvalue weighted by Crippen LogP contribution is -2.49. The highest BCUT2D eigenvalue weighted by molar-refractivity contribution is 4.75. The van der Waals surface area contributed by atoms with Gasteiger partial charge in [-0.15, -0.1) is 0 Å². The average molecular weight is 172 g/mol. The molecule has 0 radical (unpaired) electrons. The molecule has 1 heterocycles. The normalized spacial score (nSPS) is 26.0. The smallest absolute Gasteiger partial charge is 0.0431 e. The van der Waals surface area contributed by atoms with Gasteiger partial charge in [0.25, 0.3) is 0 Å². The summed E-state index contributed by atoms with van der Waals surface area (Å²) < 4.78 is 0. The predicted molar refractivity (Wildman–Crippen MR) is 50.2 cm³/mol. The number of piperazine rings is 1. The fraction of sp³-hybridized carbons (Fsp3) is 1.00. The van der Waals surface area contributed by atoms with Crippen molar-refractivity contribution in [1.82, 2.24) is 10.2 Å². The number of aliphatic hydroxyl groups is 1. The largest absolute Gasteiger partial charge is 0.396 e. The van der Waals surface area contributed by atoms with Crippen LogP contribution in [0.5, 0.6) is 0 Å². The second kappa shape index (κ2) is 5.51. The summed E-state index contributed by atoms with van der Waals surface area (Å²) in [4.78, 5) is 2.49. The number of hydrogen-bond donors (Lipinski definition) is 2. The molecule has 1 atom stereocenters. The van der Waals surface area contributed by atoms with Crippen LogP contribution in [0, 0.1) is 0 Å². The van der Waals surface area contributed by atoms with Gasteiger partial charge >= 0.3 is 0 Å². The summed E-state index contributed by atoms with van der Waals surface area (Å²) in [6, 6.07) is 0.664. The van der Waals surface area contributed by atoms with E-state index >= 15 is 0 Å². The molecule has 72 valence electrons. The number of nitrogens with zero attached hydrogens (tertiary/aromatic N) is 1. The second-order valence-corrected chi connectivity index (χ2v) is 3.52. The first-order chi connectivity index (χ1) is 5.84. The van der Waals surface area contributed by atoms with Gasteiger partial charge in [0.15, 0.2) is 0 Å². The van der Waals surface area contributed by atoms with Crippen LogP contribution in [0.2, 0.25) is 0 Å². The van der Waals surface area contributed by atoms with Crippen molar-refractivity contribution in [2.24, 2.45) is 0 Å². The van der Waals surface area contributed by atoms with Crippen molar-refractivity contribution in [3.63, 3.8) is 0 Å². The molecular weight excluding hydrogens is 152 g/mol. The first kappa shape index (κ1) is 9.96. The number of nitrogens with one attached hydrogen (secondary N) is 1. The van der Waals surface area contributed by atoms with E-state index in [1.54, 1.807) is 0 Å². The van der Waals surface area contributed by atoms with Crippen LogP contribution >= 0.6 is 0 Å². The Morgan fingerprint density at radius 3 is 3.00 bits per heavy atom. The molecule has 1 fully saturated rings. The second-order valence-electron chi connectivity index (χ2n) is 3.52. The van der Waals surface area contributed by atoms with Gasteiger partial charge in [0, 0.05) is 32.3 Å². The van der Waals surface area contributed by atoms with E-state index in [9.17, 15) is 0 Å². The van der Waals surface area contributed by atoms with E-state index in [2.05, 4.69) is 17.1 Å². The summed E-state index contributed by atoms with van der Waals surface area (Å²) in [5.74, 6) is 0. The molecule has 1 aliphatic heterocycles. The molecule has 0 spiro atoms. The molecule has 0 aliphatic carbocycles. The topological polar surface area (TPSA) is 35.5 Å². The Kier molecular flexibility index (Phi) is 4.58. The van der Waals surface area contributed by atoms with Gasteiger partial charge < -0.3 is 10.4 Å². The molecular formula is C9H20N2O. The SMILES string of the molecule is C[C@H]1CNCCN1CCCCO. The lowest BCUT2D eigenvalue weighted by Gasteiger charge is -2.33. The van der Waals surface area contributed by atoms with Crippen molar-refractivity contribution in [1.29, 1.82) is 0 Å². The Hall–Kier alpha value is -0.120. The Labute approximate surface area is 74.8 Å². The summed E-state index contributed by atoms with van der Waals surface area (Å²) in [7, 11) is 0. The molecule has 0 unspecified atom stereocenters. The van der Waals surface area contributed by atoms with Crippen LogP contribution in [0.1, 0.15) is 19.8 Å². The van der Waals surface area contributed by atoms with Gasteiger partial charge in [-0.25, -0.2) is 0 Å². The minimum atomic E-state index is 0.334. The highest BCUT2D eigenvalue weighted by atomic mass is 16.2. The van der Waals surface area contributed by atoms with Gasteiger partial charge in [0.05, 0.1) is 0 Å². The molecule has 2 N–H and O–H groups in total. The number of hydrogen-bond acceptors (Lipinski definition) is 3. The summed E-state index contributed by atoms with van der Waals surface area (Å²) in [5.41, 5.74) is 0. The number of aliphatic hydroxyl groups excluding tert-OH is 1. The molecule has 0 aromatic heterocycles. The van der Waals surface area contributed by atoms with Crippen LogP contribution in [-0.4, -0.2) is 48.8 Å². The molecule has 1 saturated heterocycles. The van der Waals surface area contributed by atoms with Gasteiger partial charge in [0.1, 0.15) is 0 Å². The monoisotopic (exact) mass is 172 g/mol. The molecule has 3 heteroatoms. The maximum atomic E-state index is 8.63. The summed E-state index contributed by atoms with van der Waals surface area (Å²) >= 11 is 0. The highest BCUT2D eigenvalue weighted by Crippen LogP contribution is 2.03. The number of rotatable bonds is 4. The molecule has 1 rings (SSSR count). The van der Waals surface area contributed by atoms with Crippen LogP contribution < -0.4 is 5.32 Å². The van der Waals surface area contributed by atoms with Crippen molar-refractivity contribution >= 4 is 0 Å². The van der Waals surface area contributed by atoms with Gasteiger partial charge in [-0.05, 0) is 26.3 Å². The van der Waals surface area contributed by atoms with Crippen molar-refractivity contribution in [3.05, 3.63) is 0 Å². The lowest BCUT2D eigenvalue weighted by atomic mass is 10.2. The maximum absolute atomic E-state index is 8.63. The summed E-state index contributed by atoms with van der Waals surface area (Å²) in [6.45, 7) is 7.12. The molecule has 1 aliphatic rings. The van der Waals surface area contributed by atoms with E-state index in [-0.39, 0.29) is 0 Å². The molecule has 3 nitrogen and oxygen atoms in total. The van der Waals surface area contributed by atoms with Crippen molar-refractivity contribution in [2.75, 3.05) is 32.8 Å². The quantitative estimate of drug-likeness (QED) is 0.588. The summed E-state index contributed by atoms with van der Waals surface area (Å²) in [6.07, 6.45) is 2.07. The molecule has 0 aromatic carbocycles. The molecule has 0 aromatic rings. The third kappa shape index (κ3) is 3.09. The lowest BCUT2D eigenvalue weighted by molar-refractivity contribution is 0.165. The van der Waals surface area contributed by atoms with E-state index in [0.29, 0.717) is 12.6 Å². The Balaban J connectivity index is 2.11. The van der Waals surface area contributed by atoms with E-state index in [0.717, 1.165) is 39.0 Å². The van der Waals surface area contributed by atoms with Crippen LogP contribution in [0.25, 0.3) is 0 Å². The third-order valence-corrected chi connectivity index (χ3v) is 2.49. The predicted octanol–water partition coefficient (Wildman–Crippen LogP) is 0.0526. The van der Waals surface area contributed by atoms with Crippen molar-refractivity contribution < 1.29 is 5.11 Å². The minimum Gasteiger partial charge on any atom is -0.396 e. The zero-order chi connectivity index (χ0) is 8.81. The zero-order valence-electron chi connectivity index (χ0n) is 7.92. The van der Waals surface area contributed by atoms with E-state index in [1.807, 2.05) is 0 Å². The van der Waals surface area contributed by atoms with Gasteiger partial charge in [-0.2, -0.15) is 0 Å². The highest BCUT2D eigenvalue weighted by Gasteiger charge is 2.16. The summed E-state index contributed by atoms with van der Waals surface area (Å²) in [5, 5.41) is 12.0. The van der Waals surface area contributed by atoms with Crippen LogP contribution in [-0.2, 0) is 0 Å². The Morgan fingerprint density at radius 1 is 1.50 bits per heavy atom. The van der Waals surface area contributed by atoms with Crippen molar-refractivity contribution in [2.45, 2.75) is 25.8 Å². The Bertz CT molecular complexity index is 119. The number of unbranched alkanes of at least 4 members (excludes halogenated alkanes) is 1. The van der Waals surface area contributed by atoms with Crippen LogP contribution in [0.3, 0.4) is 0 Å². The first-order valence-corrected chi connectivity index (χ1v) is 4.90. The standard InChI is InChI=1S/C9H20N2O/c1-9-8-10-4-6-11(9)5-2-3-7-12/h9-10,12H,2-8H2,1H3/t9-/m0/s1. The fourth-order valence-electron chi connectivity index (χ4n) is 1.64. The van der Waals surface area contributed by atoms with Gasteiger partial charge in [0.2, 0.25) is 0 Å². The van der Waals surface area contributed by atoms with E-state index in [1.165, 1.54) is 0 Å². The van der Waals surface area contributed by atoms with Crippen LogP contribution in [0.4, 0.5) is 0 Å².